The Hall–Kier alpha value is -4.83. The molecule has 0 aliphatic carbocycles. The molecule has 10 nitrogen and oxygen atoms in total. The number of fused-ring (bicyclic) bond motifs is 6. The zero-order valence-corrected chi connectivity index (χ0v) is 22.6. The van der Waals surface area contributed by atoms with Crippen LogP contribution in [-0.4, -0.2) is 34.8 Å². The van der Waals surface area contributed by atoms with Crippen LogP contribution in [0, 0.1) is 0 Å². The minimum absolute atomic E-state index is 0.0893. The Kier molecular flexibility index (Phi) is 5.58. The molecular formula is C31H26N2O8. The maximum Gasteiger partial charge on any atom is 0.343 e. The quantitative estimate of drug-likeness (QED) is 0.298. The third kappa shape index (κ3) is 3.78. The highest BCUT2D eigenvalue weighted by Crippen LogP contribution is 2.39. The summed E-state index contributed by atoms with van der Waals surface area (Å²) in [5, 5.41) is 12.8. The summed E-state index contributed by atoms with van der Waals surface area (Å²) in [6.07, 6.45) is 0.0893. The van der Waals surface area contributed by atoms with Crippen molar-refractivity contribution in [3.8, 4) is 28.6 Å². The highest BCUT2D eigenvalue weighted by atomic mass is 16.6. The van der Waals surface area contributed by atoms with Crippen molar-refractivity contribution in [2.45, 2.75) is 38.7 Å². The van der Waals surface area contributed by atoms with E-state index >= 15 is 0 Å². The van der Waals surface area contributed by atoms with Crippen LogP contribution in [0.15, 0.2) is 57.7 Å². The van der Waals surface area contributed by atoms with Crippen LogP contribution >= 0.6 is 0 Å². The lowest BCUT2D eigenvalue weighted by Crippen LogP contribution is -2.44. The van der Waals surface area contributed by atoms with Gasteiger partial charge in [0, 0.05) is 34.0 Å². The number of benzene rings is 2. The summed E-state index contributed by atoms with van der Waals surface area (Å²) in [6.45, 7) is 2.05. The normalized spacial score (nSPS) is 17.2. The van der Waals surface area contributed by atoms with Gasteiger partial charge in [-0.1, -0.05) is 6.92 Å². The topological polar surface area (TPSA) is 122 Å². The number of methoxy groups -OCH3 is 2. The summed E-state index contributed by atoms with van der Waals surface area (Å²) in [5.41, 5.74) is 1.80. The molecule has 0 spiro atoms. The first-order chi connectivity index (χ1) is 19.8. The van der Waals surface area contributed by atoms with Crippen molar-refractivity contribution in [2.24, 2.45) is 0 Å². The molecule has 5 aromatic rings. The third-order valence-corrected chi connectivity index (χ3v) is 7.93. The zero-order valence-electron chi connectivity index (χ0n) is 22.6. The van der Waals surface area contributed by atoms with Gasteiger partial charge in [0.25, 0.3) is 5.56 Å². The van der Waals surface area contributed by atoms with Gasteiger partial charge in [0.1, 0.15) is 30.5 Å². The third-order valence-electron chi connectivity index (χ3n) is 7.93. The smallest absolute Gasteiger partial charge is 0.343 e. The Morgan fingerprint density at radius 2 is 1.88 bits per heavy atom. The van der Waals surface area contributed by atoms with Crippen molar-refractivity contribution >= 4 is 27.8 Å². The van der Waals surface area contributed by atoms with E-state index in [-0.39, 0.29) is 25.2 Å². The van der Waals surface area contributed by atoms with Gasteiger partial charge in [-0.2, -0.15) is 0 Å². The van der Waals surface area contributed by atoms with Gasteiger partial charge < -0.3 is 33.0 Å². The Morgan fingerprint density at radius 3 is 2.66 bits per heavy atom. The number of carbonyl (C=O) groups excluding carboxylic acids is 1. The van der Waals surface area contributed by atoms with Crippen LogP contribution in [0.1, 0.15) is 35.8 Å². The molecule has 5 heterocycles. The largest absolute Gasteiger partial charge is 0.497 e. The second kappa shape index (κ2) is 9.10. The van der Waals surface area contributed by atoms with Gasteiger partial charge in [-0.15, -0.1) is 0 Å². The number of rotatable bonds is 6. The lowest BCUT2D eigenvalue weighted by atomic mass is 9.86. The number of nitrogens with zero attached hydrogens (tertiary/aromatic N) is 2. The Balaban J connectivity index is 1.22. The second-order valence-electron chi connectivity index (χ2n) is 10.2. The zero-order chi connectivity index (χ0) is 28.5. The molecule has 0 unspecified atom stereocenters. The van der Waals surface area contributed by atoms with Gasteiger partial charge in [-0.25, -0.2) is 9.78 Å². The van der Waals surface area contributed by atoms with Gasteiger partial charge in [-0.05, 0) is 42.8 Å². The Labute approximate surface area is 233 Å². The van der Waals surface area contributed by atoms with Crippen LogP contribution in [0.3, 0.4) is 0 Å². The molecule has 208 valence electrons. The lowest BCUT2D eigenvalue weighted by Gasteiger charge is -2.31. The maximum atomic E-state index is 13.4. The number of aliphatic hydroxyl groups is 1. The fourth-order valence-corrected chi connectivity index (χ4v) is 5.69. The van der Waals surface area contributed by atoms with E-state index < -0.39 is 11.6 Å². The van der Waals surface area contributed by atoms with E-state index in [0.717, 1.165) is 16.3 Å². The standard InChI is InChI=1S/C31H26N2O8/c1-4-31(36)23-12-25-27-18(13-33(25)29(34)22(23)15-40-30(31)35)7-16-5-6-19(10-24(16)32-27)39-14-21-9-17-8-20(37-2)11-26(38-3)28(17)41-21/h5-12,36H,4,13-15H2,1-3H3/t31-/m0/s1. The molecule has 10 heteroatoms. The number of furan rings is 1. The number of ether oxygens (including phenoxy) is 4. The number of cyclic esters (lactones) is 1. The molecule has 0 saturated carbocycles. The molecule has 0 saturated heterocycles. The first-order valence-electron chi connectivity index (χ1n) is 13.2. The summed E-state index contributed by atoms with van der Waals surface area (Å²) < 4.78 is 29.6. The number of pyridine rings is 2. The van der Waals surface area contributed by atoms with Crippen LogP contribution < -0.4 is 19.8 Å². The molecule has 1 atom stereocenters. The van der Waals surface area contributed by atoms with E-state index in [1.165, 1.54) is 0 Å². The Morgan fingerprint density at radius 1 is 1.02 bits per heavy atom. The van der Waals surface area contributed by atoms with Crippen LogP contribution in [0.25, 0.3) is 33.3 Å². The maximum absolute atomic E-state index is 13.4. The highest BCUT2D eigenvalue weighted by molar-refractivity contribution is 5.87. The van der Waals surface area contributed by atoms with Crippen molar-refractivity contribution in [3.05, 3.63) is 81.3 Å². The second-order valence-corrected chi connectivity index (χ2v) is 10.2. The van der Waals surface area contributed by atoms with Crippen LogP contribution in [0.2, 0.25) is 0 Å². The van der Waals surface area contributed by atoms with Crippen LogP contribution in [0.5, 0.6) is 17.2 Å². The highest BCUT2D eigenvalue weighted by Gasteiger charge is 2.45. The number of aromatic nitrogens is 2. The summed E-state index contributed by atoms with van der Waals surface area (Å²) in [5.74, 6) is 1.71. The van der Waals surface area contributed by atoms with Gasteiger partial charge in [0.2, 0.25) is 0 Å². The molecule has 3 aromatic heterocycles. The molecule has 1 N–H and O–H groups in total. The van der Waals surface area contributed by atoms with Crippen LogP contribution in [-0.2, 0) is 34.9 Å². The monoisotopic (exact) mass is 554 g/mol. The average molecular weight is 555 g/mol. The van der Waals surface area contributed by atoms with E-state index in [1.54, 1.807) is 37.8 Å². The number of carbonyl (C=O) groups is 1. The van der Waals surface area contributed by atoms with Gasteiger partial charge in [0.05, 0.1) is 43.2 Å². The van der Waals surface area contributed by atoms with Crippen molar-refractivity contribution in [2.75, 3.05) is 14.2 Å². The van der Waals surface area contributed by atoms with Gasteiger partial charge in [0.15, 0.2) is 16.9 Å². The minimum Gasteiger partial charge on any atom is -0.497 e. The molecule has 2 aliphatic heterocycles. The molecule has 0 amide bonds. The summed E-state index contributed by atoms with van der Waals surface area (Å²) in [7, 11) is 3.17. The van der Waals surface area contributed by atoms with E-state index in [4.69, 9.17) is 28.3 Å². The van der Waals surface area contributed by atoms with E-state index in [2.05, 4.69) is 0 Å². The van der Waals surface area contributed by atoms with Crippen molar-refractivity contribution in [3.63, 3.8) is 0 Å². The van der Waals surface area contributed by atoms with Gasteiger partial charge >= 0.3 is 5.97 Å². The molecule has 2 aliphatic rings. The predicted octanol–water partition coefficient (Wildman–Crippen LogP) is 4.42. The summed E-state index contributed by atoms with van der Waals surface area (Å²) in [4.78, 5) is 30.7. The number of hydrogen-bond donors (Lipinski definition) is 1. The molecule has 7 rings (SSSR count). The first-order valence-corrected chi connectivity index (χ1v) is 13.2. The molecule has 0 fully saturated rings. The summed E-state index contributed by atoms with van der Waals surface area (Å²) >= 11 is 0. The summed E-state index contributed by atoms with van der Waals surface area (Å²) in [6, 6.07) is 14.8. The van der Waals surface area contributed by atoms with E-state index in [9.17, 15) is 14.7 Å². The molecule has 2 aromatic carbocycles. The molecule has 41 heavy (non-hydrogen) atoms. The fraction of sp³-hybridized carbons (Fsp3) is 0.258. The lowest BCUT2D eigenvalue weighted by molar-refractivity contribution is -0.172. The first kappa shape index (κ1) is 25.2. The SMILES string of the molecule is CC[C@@]1(O)C(=O)OCc2c1cc1n(c2=O)Cc2cc3ccc(OCc4cc5cc(OC)cc(OC)c5o4)cc3nc2-1. The van der Waals surface area contributed by atoms with E-state index in [1.807, 2.05) is 36.4 Å². The number of esters is 1. The Bertz CT molecular complexity index is 1960. The minimum atomic E-state index is -1.87. The van der Waals surface area contributed by atoms with Gasteiger partial charge in [-0.3, -0.25) is 4.79 Å². The fourth-order valence-electron chi connectivity index (χ4n) is 5.69. The van der Waals surface area contributed by atoms with Crippen molar-refractivity contribution in [1.29, 1.82) is 0 Å². The van der Waals surface area contributed by atoms with E-state index in [0.29, 0.717) is 63.2 Å². The predicted molar refractivity (Wildman–Crippen MR) is 148 cm³/mol. The molecule has 0 bridgehead atoms. The molecular weight excluding hydrogens is 528 g/mol. The van der Waals surface area contributed by atoms with Crippen LogP contribution in [0.4, 0.5) is 0 Å². The number of hydrogen-bond acceptors (Lipinski definition) is 9. The molecule has 0 radical (unpaired) electrons. The van der Waals surface area contributed by atoms with Crippen molar-refractivity contribution in [1.82, 2.24) is 9.55 Å². The average Bonchev–Trinajstić information content (AvgIpc) is 3.57. The van der Waals surface area contributed by atoms with Crippen molar-refractivity contribution < 1.29 is 33.3 Å².